The van der Waals surface area contributed by atoms with Gasteiger partial charge in [0.25, 0.3) is 5.92 Å². The first-order chi connectivity index (χ1) is 9.88. The van der Waals surface area contributed by atoms with Crippen LogP contribution in [0.2, 0.25) is 0 Å². The lowest BCUT2D eigenvalue weighted by atomic mass is 9.97. The Morgan fingerprint density at radius 1 is 1.05 bits per heavy atom. The van der Waals surface area contributed by atoms with Gasteiger partial charge in [-0.05, 0) is 19.4 Å². The van der Waals surface area contributed by atoms with E-state index < -0.39 is 12.0 Å². The Balaban J connectivity index is 0.00000106. The van der Waals surface area contributed by atoms with Crippen molar-refractivity contribution in [3.05, 3.63) is 0 Å². The molecule has 0 amide bonds. The number of nitrogens with zero attached hydrogens (tertiary/aromatic N) is 3. The molecule has 0 radical (unpaired) electrons. The van der Waals surface area contributed by atoms with E-state index in [1.54, 1.807) is 0 Å². The second-order valence-electron chi connectivity index (χ2n) is 6.53. The van der Waals surface area contributed by atoms with E-state index in [0.717, 1.165) is 39.3 Å². The number of hydrogen-bond acceptors (Lipinski definition) is 3. The average molecular weight is 305 g/mol. The van der Waals surface area contributed by atoms with Crippen LogP contribution in [-0.4, -0.2) is 79.5 Å². The number of likely N-dealkylation sites (N-methyl/N-ethyl adjacent to an activating group) is 1. The van der Waals surface area contributed by atoms with Gasteiger partial charge in [-0.1, -0.05) is 27.7 Å². The lowest BCUT2D eigenvalue weighted by Gasteiger charge is -2.46. The van der Waals surface area contributed by atoms with Crippen LogP contribution in [0.4, 0.5) is 8.78 Å². The van der Waals surface area contributed by atoms with E-state index in [1.165, 1.54) is 0 Å². The molecular weight excluding hydrogens is 272 g/mol. The normalized spacial score (nSPS) is 28.3. The second kappa shape index (κ2) is 8.39. The minimum absolute atomic E-state index is 0.0673. The Morgan fingerprint density at radius 3 is 2.10 bits per heavy atom. The van der Waals surface area contributed by atoms with E-state index in [-0.39, 0.29) is 6.54 Å². The molecule has 2 heterocycles. The van der Waals surface area contributed by atoms with Crippen LogP contribution in [0.15, 0.2) is 0 Å². The molecule has 1 unspecified atom stereocenters. The van der Waals surface area contributed by atoms with Crippen LogP contribution in [0, 0.1) is 5.92 Å². The zero-order valence-corrected chi connectivity index (χ0v) is 14.4. The van der Waals surface area contributed by atoms with Crippen molar-refractivity contribution >= 4 is 0 Å². The molecule has 0 aromatic rings. The fourth-order valence-corrected chi connectivity index (χ4v) is 3.25. The summed E-state index contributed by atoms with van der Waals surface area (Å²) in [5.41, 5.74) is 0. The highest BCUT2D eigenvalue weighted by Gasteiger charge is 2.47. The van der Waals surface area contributed by atoms with E-state index in [9.17, 15) is 8.78 Å². The third-order valence-corrected chi connectivity index (χ3v) is 4.24. The molecule has 0 aromatic heterocycles. The predicted molar refractivity (Wildman–Crippen MR) is 85.0 cm³/mol. The van der Waals surface area contributed by atoms with Gasteiger partial charge in [0.05, 0.1) is 12.6 Å². The van der Waals surface area contributed by atoms with Gasteiger partial charge < -0.3 is 4.90 Å². The Kier molecular flexibility index (Phi) is 7.51. The van der Waals surface area contributed by atoms with Crippen LogP contribution in [0.5, 0.6) is 0 Å². The van der Waals surface area contributed by atoms with Crippen LogP contribution in [0.3, 0.4) is 0 Å². The fourth-order valence-electron chi connectivity index (χ4n) is 3.25. The van der Waals surface area contributed by atoms with Crippen molar-refractivity contribution < 1.29 is 8.78 Å². The molecule has 2 aliphatic rings. The molecule has 0 aliphatic carbocycles. The number of alkyl halides is 2. The second-order valence-corrected chi connectivity index (χ2v) is 6.53. The molecule has 5 heteroatoms. The van der Waals surface area contributed by atoms with Gasteiger partial charge in [0.2, 0.25) is 0 Å². The minimum atomic E-state index is -2.57. The Bertz CT molecular complexity index is 289. The minimum Gasteiger partial charge on any atom is -0.304 e. The first kappa shape index (κ1) is 18.8. The Morgan fingerprint density at radius 2 is 1.62 bits per heavy atom. The van der Waals surface area contributed by atoms with Crippen molar-refractivity contribution in [3.63, 3.8) is 0 Å². The number of likely N-dealkylation sites (tertiary alicyclic amines) is 1. The predicted octanol–water partition coefficient (Wildman–Crippen LogP) is 2.63. The van der Waals surface area contributed by atoms with Gasteiger partial charge in [-0.25, -0.2) is 8.78 Å². The van der Waals surface area contributed by atoms with Crippen LogP contribution >= 0.6 is 0 Å². The van der Waals surface area contributed by atoms with Crippen molar-refractivity contribution in [1.82, 2.24) is 14.7 Å². The van der Waals surface area contributed by atoms with Gasteiger partial charge >= 0.3 is 0 Å². The van der Waals surface area contributed by atoms with Gasteiger partial charge in [0, 0.05) is 39.3 Å². The SMILES string of the molecule is CC.CC(C)CN1CCC(N2CCN(C)CC2)C(F)(F)C1. The molecule has 0 bridgehead atoms. The largest absolute Gasteiger partial charge is 0.304 e. The van der Waals surface area contributed by atoms with E-state index in [2.05, 4.69) is 25.8 Å². The third-order valence-electron chi connectivity index (χ3n) is 4.24. The monoisotopic (exact) mass is 305 g/mol. The van der Waals surface area contributed by atoms with E-state index >= 15 is 0 Å². The molecular formula is C16H33F2N3. The molecule has 126 valence electrons. The summed E-state index contributed by atoms with van der Waals surface area (Å²) < 4.78 is 28.7. The molecule has 2 rings (SSSR count). The maximum absolute atomic E-state index is 14.4. The van der Waals surface area contributed by atoms with Crippen molar-refractivity contribution in [1.29, 1.82) is 0 Å². The van der Waals surface area contributed by atoms with Gasteiger partial charge in [-0.15, -0.1) is 0 Å². The standard InChI is InChI=1S/C14H27F2N3.C2H6/c1-12(2)10-18-5-4-13(14(15,16)11-18)19-8-6-17(3)7-9-19;1-2/h12-13H,4-11H2,1-3H3;1-2H3. The Hall–Kier alpha value is -0.260. The van der Waals surface area contributed by atoms with Gasteiger partial charge in [0.1, 0.15) is 0 Å². The molecule has 3 nitrogen and oxygen atoms in total. The number of hydrogen-bond donors (Lipinski definition) is 0. The lowest BCUT2D eigenvalue weighted by molar-refractivity contribution is -0.133. The summed E-state index contributed by atoms with van der Waals surface area (Å²) in [7, 11) is 2.06. The highest BCUT2D eigenvalue weighted by atomic mass is 19.3. The smallest absolute Gasteiger partial charge is 0.275 e. The maximum Gasteiger partial charge on any atom is 0.275 e. The van der Waals surface area contributed by atoms with Crippen LogP contribution in [-0.2, 0) is 0 Å². The maximum atomic E-state index is 14.4. The zero-order chi connectivity index (χ0) is 16.0. The summed E-state index contributed by atoms with van der Waals surface area (Å²) in [6, 6.07) is -0.551. The van der Waals surface area contributed by atoms with Crippen molar-refractivity contribution in [2.75, 3.05) is 52.9 Å². The molecule has 0 N–H and O–H groups in total. The summed E-state index contributed by atoms with van der Waals surface area (Å²) in [5, 5.41) is 0. The van der Waals surface area contributed by atoms with Crippen LogP contribution in [0.25, 0.3) is 0 Å². The molecule has 1 atom stereocenters. The first-order valence-corrected chi connectivity index (χ1v) is 8.41. The van der Waals surface area contributed by atoms with Crippen molar-refractivity contribution in [2.45, 2.75) is 46.1 Å². The molecule has 2 fully saturated rings. The molecule has 0 spiro atoms. The average Bonchev–Trinajstić information content (AvgIpc) is 2.41. The first-order valence-electron chi connectivity index (χ1n) is 8.41. The summed E-state index contributed by atoms with van der Waals surface area (Å²) in [5.74, 6) is -2.11. The van der Waals surface area contributed by atoms with Gasteiger partial charge in [-0.3, -0.25) is 9.80 Å². The van der Waals surface area contributed by atoms with Crippen molar-refractivity contribution in [3.8, 4) is 0 Å². The van der Waals surface area contributed by atoms with Crippen molar-refractivity contribution in [2.24, 2.45) is 5.92 Å². The summed E-state index contributed by atoms with van der Waals surface area (Å²) in [4.78, 5) is 6.15. The van der Waals surface area contributed by atoms with E-state index in [4.69, 9.17) is 0 Å². The Labute approximate surface area is 129 Å². The summed E-state index contributed by atoms with van der Waals surface area (Å²) >= 11 is 0. The topological polar surface area (TPSA) is 9.72 Å². The van der Waals surface area contributed by atoms with Crippen LogP contribution < -0.4 is 0 Å². The number of piperazine rings is 1. The van der Waals surface area contributed by atoms with E-state index in [0.29, 0.717) is 12.3 Å². The highest BCUT2D eigenvalue weighted by Crippen LogP contribution is 2.32. The molecule has 21 heavy (non-hydrogen) atoms. The van der Waals surface area contributed by atoms with Gasteiger partial charge in [0.15, 0.2) is 0 Å². The zero-order valence-electron chi connectivity index (χ0n) is 14.4. The quantitative estimate of drug-likeness (QED) is 0.793. The number of halogens is 2. The molecule has 0 aromatic carbocycles. The molecule has 2 saturated heterocycles. The third kappa shape index (κ3) is 5.46. The summed E-state index contributed by atoms with van der Waals surface area (Å²) in [6.45, 7) is 13.1. The molecule has 2 aliphatic heterocycles. The lowest BCUT2D eigenvalue weighted by Crippen LogP contribution is -2.61. The number of rotatable bonds is 3. The molecule has 0 saturated carbocycles. The number of piperidine rings is 1. The summed E-state index contributed by atoms with van der Waals surface area (Å²) in [6.07, 6.45) is 0.601. The van der Waals surface area contributed by atoms with Gasteiger partial charge in [-0.2, -0.15) is 0 Å². The fraction of sp³-hybridized carbons (Fsp3) is 1.00. The highest BCUT2D eigenvalue weighted by molar-refractivity contribution is 4.94. The van der Waals surface area contributed by atoms with Crippen LogP contribution in [0.1, 0.15) is 34.1 Å². The van der Waals surface area contributed by atoms with E-state index in [1.807, 2.05) is 23.6 Å².